The second-order valence-electron chi connectivity index (χ2n) is 4.46. The third-order valence-corrected chi connectivity index (χ3v) is 3.46. The number of rotatable bonds is 2. The van der Waals surface area contributed by atoms with E-state index in [2.05, 4.69) is 16.0 Å². The van der Waals surface area contributed by atoms with Gasteiger partial charge in [0, 0.05) is 16.1 Å². The minimum absolute atomic E-state index is 0.624. The van der Waals surface area contributed by atoms with Gasteiger partial charge in [-0.1, -0.05) is 41.9 Å². The molecule has 0 unspecified atom stereocenters. The van der Waals surface area contributed by atoms with Crippen molar-refractivity contribution in [2.75, 3.05) is 0 Å². The molecule has 0 atom stereocenters. The molecule has 0 spiro atoms. The lowest BCUT2D eigenvalue weighted by molar-refractivity contribution is 1.18. The summed E-state index contributed by atoms with van der Waals surface area (Å²) in [6, 6.07) is 18.8. The Morgan fingerprint density at radius 2 is 1.62 bits per heavy atom. The predicted octanol–water partition coefficient (Wildman–Crippen LogP) is 4.34. The van der Waals surface area contributed by atoms with Crippen molar-refractivity contribution >= 4 is 11.6 Å². The van der Waals surface area contributed by atoms with E-state index in [1.54, 1.807) is 12.1 Å². The summed E-state index contributed by atoms with van der Waals surface area (Å²) >= 11 is 6.20. The molecule has 21 heavy (non-hydrogen) atoms. The van der Waals surface area contributed by atoms with Crippen LogP contribution in [-0.4, -0.2) is 9.97 Å². The fraction of sp³-hybridized carbons (Fsp3) is 0. The van der Waals surface area contributed by atoms with E-state index in [1.165, 1.54) is 6.33 Å². The third-order valence-electron chi connectivity index (χ3n) is 3.13. The molecule has 0 saturated carbocycles. The number of hydrogen-bond donors (Lipinski definition) is 0. The van der Waals surface area contributed by atoms with Gasteiger partial charge in [0.05, 0.1) is 23.0 Å². The van der Waals surface area contributed by atoms with E-state index < -0.39 is 0 Å². The molecule has 0 aliphatic heterocycles. The summed E-state index contributed by atoms with van der Waals surface area (Å²) in [4.78, 5) is 8.57. The number of benzene rings is 2. The Labute approximate surface area is 127 Å². The summed E-state index contributed by atoms with van der Waals surface area (Å²) in [5.74, 6) is 0. The first-order valence-electron chi connectivity index (χ1n) is 6.35. The molecule has 3 nitrogen and oxygen atoms in total. The highest BCUT2D eigenvalue weighted by Crippen LogP contribution is 2.28. The fourth-order valence-electron chi connectivity index (χ4n) is 2.05. The first-order valence-corrected chi connectivity index (χ1v) is 6.73. The van der Waals surface area contributed by atoms with Crippen LogP contribution in [0.15, 0.2) is 60.9 Å². The zero-order valence-corrected chi connectivity index (χ0v) is 11.7. The molecule has 0 radical (unpaired) electrons. The van der Waals surface area contributed by atoms with E-state index in [9.17, 15) is 0 Å². The topological polar surface area (TPSA) is 49.6 Å². The van der Waals surface area contributed by atoms with Crippen LogP contribution in [0.3, 0.4) is 0 Å². The second kappa shape index (κ2) is 5.74. The standard InChI is InChI=1S/C17H10ClN3/c18-15-4-2-1-3-14(15)17-9-16(20-11-21-17)13-7-5-12(10-19)6-8-13/h1-9,11H. The van der Waals surface area contributed by atoms with Gasteiger partial charge in [-0.05, 0) is 24.3 Å². The van der Waals surface area contributed by atoms with Crippen molar-refractivity contribution < 1.29 is 0 Å². The number of nitrogens with zero attached hydrogens (tertiary/aromatic N) is 3. The van der Waals surface area contributed by atoms with Crippen molar-refractivity contribution in [3.63, 3.8) is 0 Å². The summed E-state index contributed by atoms with van der Waals surface area (Å²) < 4.78 is 0. The van der Waals surface area contributed by atoms with Crippen molar-refractivity contribution in [1.29, 1.82) is 5.26 Å². The van der Waals surface area contributed by atoms with Crippen LogP contribution in [0, 0.1) is 11.3 Å². The van der Waals surface area contributed by atoms with Crippen LogP contribution in [0.2, 0.25) is 5.02 Å². The highest BCUT2D eigenvalue weighted by atomic mass is 35.5. The van der Waals surface area contributed by atoms with Crippen LogP contribution in [0.5, 0.6) is 0 Å². The Morgan fingerprint density at radius 1 is 0.905 bits per heavy atom. The molecule has 1 heterocycles. The lowest BCUT2D eigenvalue weighted by Gasteiger charge is -2.06. The van der Waals surface area contributed by atoms with Gasteiger partial charge in [-0.3, -0.25) is 0 Å². The number of halogens is 1. The summed E-state index contributed by atoms with van der Waals surface area (Å²) in [5, 5.41) is 9.49. The predicted molar refractivity (Wildman–Crippen MR) is 82.6 cm³/mol. The van der Waals surface area contributed by atoms with Crippen LogP contribution in [-0.2, 0) is 0 Å². The van der Waals surface area contributed by atoms with E-state index in [1.807, 2.05) is 42.5 Å². The smallest absolute Gasteiger partial charge is 0.116 e. The van der Waals surface area contributed by atoms with E-state index >= 15 is 0 Å². The lowest BCUT2D eigenvalue weighted by atomic mass is 10.1. The van der Waals surface area contributed by atoms with Crippen LogP contribution >= 0.6 is 11.6 Å². The summed E-state index contributed by atoms with van der Waals surface area (Å²) in [6.07, 6.45) is 1.52. The molecule has 0 saturated heterocycles. The molecule has 1 aromatic heterocycles. The molecule has 3 aromatic rings. The zero-order valence-electron chi connectivity index (χ0n) is 11.0. The maximum Gasteiger partial charge on any atom is 0.116 e. The fourth-order valence-corrected chi connectivity index (χ4v) is 2.28. The molecule has 0 aliphatic carbocycles. The Morgan fingerprint density at radius 3 is 2.33 bits per heavy atom. The Kier molecular flexibility index (Phi) is 3.63. The second-order valence-corrected chi connectivity index (χ2v) is 4.86. The third kappa shape index (κ3) is 2.76. The molecule has 0 N–H and O–H groups in total. The van der Waals surface area contributed by atoms with Crippen LogP contribution < -0.4 is 0 Å². The van der Waals surface area contributed by atoms with E-state index in [0.29, 0.717) is 10.6 Å². The minimum atomic E-state index is 0.624. The molecular formula is C17H10ClN3. The molecular weight excluding hydrogens is 282 g/mol. The maximum atomic E-state index is 8.83. The maximum absolute atomic E-state index is 8.83. The Balaban J connectivity index is 2.04. The van der Waals surface area contributed by atoms with Gasteiger partial charge in [0.25, 0.3) is 0 Å². The van der Waals surface area contributed by atoms with Gasteiger partial charge in [-0.25, -0.2) is 9.97 Å². The van der Waals surface area contributed by atoms with Gasteiger partial charge < -0.3 is 0 Å². The molecule has 0 aliphatic rings. The van der Waals surface area contributed by atoms with Crippen molar-refractivity contribution in [2.24, 2.45) is 0 Å². The molecule has 0 amide bonds. The minimum Gasteiger partial charge on any atom is -0.236 e. The average molecular weight is 292 g/mol. The molecule has 2 aromatic carbocycles. The first-order chi connectivity index (χ1) is 10.3. The zero-order chi connectivity index (χ0) is 14.7. The number of aromatic nitrogens is 2. The SMILES string of the molecule is N#Cc1ccc(-c2cc(-c3ccccc3Cl)ncn2)cc1. The normalized spacial score (nSPS) is 10.1. The van der Waals surface area contributed by atoms with Crippen molar-refractivity contribution in [2.45, 2.75) is 0 Å². The summed E-state index contributed by atoms with van der Waals surface area (Å²) in [5.41, 5.74) is 4.00. The lowest BCUT2D eigenvalue weighted by Crippen LogP contribution is -1.90. The molecule has 3 rings (SSSR count). The average Bonchev–Trinajstić information content (AvgIpc) is 2.55. The monoisotopic (exact) mass is 291 g/mol. The number of nitriles is 1. The quantitative estimate of drug-likeness (QED) is 0.706. The van der Waals surface area contributed by atoms with Gasteiger partial charge >= 0.3 is 0 Å². The van der Waals surface area contributed by atoms with E-state index in [4.69, 9.17) is 16.9 Å². The van der Waals surface area contributed by atoms with Gasteiger partial charge in [-0.15, -0.1) is 0 Å². The van der Waals surface area contributed by atoms with Crippen LogP contribution in [0.4, 0.5) is 0 Å². The number of hydrogen-bond acceptors (Lipinski definition) is 3. The largest absolute Gasteiger partial charge is 0.236 e. The molecule has 0 bridgehead atoms. The van der Waals surface area contributed by atoms with E-state index in [-0.39, 0.29) is 0 Å². The highest BCUT2D eigenvalue weighted by molar-refractivity contribution is 6.33. The van der Waals surface area contributed by atoms with Crippen molar-refractivity contribution in [1.82, 2.24) is 9.97 Å². The van der Waals surface area contributed by atoms with Crippen LogP contribution in [0.1, 0.15) is 5.56 Å². The summed E-state index contributed by atoms with van der Waals surface area (Å²) in [7, 11) is 0. The molecule has 0 fully saturated rings. The van der Waals surface area contributed by atoms with Gasteiger partial charge in [0.1, 0.15) is 6.33 Å². The van der Waals surface area contributed by atoms with Crippen LogP contribution in [0.25, 0.3) is 22.5 Å². The first kappa shape index (κ1) is 13.3. The van der Waals surface area contributed by atoms with Crippen molar-refractivity contribution in [3.8, 4) is 28.6 Å². The van der Waals surface area contributed by atoms with Gasteiger partial charge in [0.2, 0.25) is 0 Å². The Hall–Kier alpha value is -2.70. The Bertz CT molecular complexity index is 820. The van der Waals surface area contributed by atoms with Gasteiger partial charge in [-0.2, -0.15) is 5.26 Å². The highest BCUT2D eigenvalue weighted by Gasteiger charge is 2.07. The summed E-state index contributed by atoms with van der Waals surface area (Å²) in [6.45, 7) is 0. The molecule has 4 heteroatoms. The van der Waals surface area contributed by atoms with Gasteiger partial charge in [0.15, 0.2) is 0 Å². The van der Waals surface area contributed by atoms with Crippen molar-refractivity contribution in [3.05, 3.63) is 71.5 Å². The van der Waals surface area contributed by atoms with E-state index in [0.717, 1.165) is 22.5 Å². The molecule has 100 valence electrons.